The Hall–Kier alpha value is -3.21. The van der Waals surface area contributed by atoms with Crippen molar-refractivity contribution in [2.75, 3.05) is 18.0 Å². The minimum atomic E-state index is -0.616. The Kier molecular flexibility index (Phi) is 4.13. The standard InChI is InChI=1S/C18H19N7O/c1-11(8-19)18(26)23-13-3-6-25(7-4-13)17-15-12(10-22-24-17)9-21-16-14(15)2-5-20-16/h2,5,9-11,13,24H,3-4,6-7H2,1H3,(H,23,26). The molecule has 1 saturated heterocycles. The summed E-state index contributed by atoms with van der Waals surface area (Å²) in [6.07, 6.45) is 6.97. The maximum absolute atomic E-state index is 11.9. The van der Waals surface area contributed by atoms with Gasteiger partial charge in [-0.25, -0.2) is 9.97 Å². The lowest BCUT2D eigenvalue weighted by Crippen LogP contribution is -2.46. The van der Waals surface area contributed by atoms with Gasteiger partial charge in [0.25, 0.3) is 0 Å². The summed E-state index contributed by atoms with van der Waals surface area (Å²) >= 11 is 0. The van der Waals surface area contributed by atoms with Crippen molar-refractivity contribution < 1.29 is 4.79 Å². The highest BCUT2D eigenvalue weighted by Crippen LogP contribution is 2.31. The Morgan fingerprint density at radius 2 is 2.19 bits per heavy atom. The highest BCUT2D eigenvalue weighted by Gasteiger charge is 2.24. The second kappa shape index (κ2) is 6.59. The van der Waals surface area contributed by atoms with Crippen LogP contribution in [0.15, 0.2) is 24.7 Å². The van der Waals surface area contributed by atoms with Crippen LogP contribution in [-0.2, 0) is 4.79 Å². The normalized spacial score (nSPS) is 16.5. The zero-order valence-electron chi connectivity index (χ0n) is 14.4. The number of nitrogens with one attached hydrogen (secondary N) is 2. The first kappa shape index (κ1) is 16.3. The van der Waals surface area contributed by atoms with Crippen molar-refractivity contribution >= 4 is 33.5 Å². The quantitative estimate of drug-likeness (QED) is 0.745. The number of hydrogen-bond donors (Lipinski definition) is 2. The number of H-pyrrole nitrogens is 1. The topological polar surface area (TPSA) is 111 Å². The van der Waals surface area contributed by atoms with Gasteiger partial charge >= 0.3 is 0 Å². The molecule has 0 spiro atoms. The zero-order valence-corrected chi connectivity index (χ0v) is 14.4. The molecule has 4 rings (SSSR count). The molecule has 0 radical (unpaired) electrons. The molecule has 0 bridgehead atoms. The van der Waals surface area contributed by atoms with E-state index in [1.165, 1.54) is 0 Å². The van der Waals surface area contributed by atoms with E-state index < -0.39 is 5.92 Å². The van der Waals surface area contributed by atoms with E-state index in [9.17, 15) is 4.79 Å². The second-order valence-electron chi connectivity index (χ2n) is 6.61. The number of pyridine rings is 1. The van der Waals surface area contributed by atoms with Gasteiger partial charge in [0.05, 0.1) is 12.3 Å². The number of hydrogen-bond acceptors (Lipinski definition) is 6. The van der Waals surface area contributed by atoms with Crippen molar-refractivity contribution in [2.45, 2.75) is 25.8 Å². The lowest BCUT2D eigenvalue weighted by molar-refractivity contribution is -0.123. The summed E-state index contributed by atoms with van der Waals surface area (Å²) in [5.74, 6) is 0.146. The Labute approximate surface area is 150 Å². The molecule has 3 aromatic rings. The third-order valence-electron chi connectivity index (χ3n) is 4.92. The lowest BCUT2D eigenvalue weighted by atomic mass is 10.0. The number of nitrogens with zero attached hydrogens (tertiary/aromatic N) is 5. The molecule has 0 saturated carbocycles. The van der Waals surface area contributed by atoms with Gasteiger partial charge in [-0.3, -0.25) is 9.89 Å². The monoisotopic (exact) mass is 349 g/mol. The van der Waals surface area contributed by atoms with Crippen LogP contribution in [0.5, 0.6) is 0 Å². The first-order chi connectivity index (χ1) is 12.7. The third kappa shape index (κ3) is 2.81. The van der Waals surface area contributed by atoms with Crippen LogP contribution in [0.4, 0.5) is 5.82 Å². The summed E-state index contributed by atoms with van der Waals surface area (Å²) in [5.41, 5.74) is 0.728. The second-order valence-corrected chi connectivity index (χ2v) is 6.61. The van der Waals surface area contributed by atoms with Crippen molar-refractivity contribution in [1.29, 1.82) is 5.26 Å². The van der Waals surface area contributed by atoms with Gasteiger partial charge in [-0.05, 0) is 25.8 Å². The fourth-order valence-corrected chi connectivity index (χ4v) is 3.42. The summed E-state index contributed by atoms with van der Waals surface area (Å²) in [7, 11) is 0. The number of rotatable bonds is 3. The zero-order chi connectivity index (χ0) is 18.1. The average Bonchev–Trinajstić information content (AvgIpc) is 3.16. The van der Waals surface area contributed by atoms with E-state index in [2.05, 4.69) is 30.4 Å². The number of nitriles is 1. The number of carbonyl (C=O) groups is 1. The number of piperidine rings is 1. The Bertz CT molecular complexity index is 998. The summed E-state index contributed by atoms with van der Waals surface area (Å²) in [6.45, 7) is 3.20. The van der Waals surface area contributed by atoms with E-state index in [1.807, 2.05) is 12.1 Å². The average molecular weight is 349 g/mol. The van der Waals surface area contributed by atoms with Crippen LogP contribution in [0.3, 0.4) is 0 Å². The van der Waals surface area contributed by atoms with Crippen LogP contribution in [0.2, 0.25) is 0 Å². The summed E-state index contributed by atoms with van der Waals surface area (Å²) < 4.78 is 0. The van der Waals surface area contributed by atoms with Crippen molar-refractivity contribution in [3.05, 3.63) is 24.7 Å². The van der Waals surface area contributed by atoms with Crippen LogP contribution in [-0.4, -0.2) is 45.2 Å². The van der Waals surface area contributed by atoms with E-state index >= 15 is 0 Å². The van der Waals surface area contributed by atoms with Gasteiger partial charge in [0.2, 0.25) is 5.91 Å². The van der Waals surface area contributed by atoms with Crippen LogP contribution >= 0.6 is 0 Å². The molecule has 1 fully saturated rings. The van der Waals surface area contributed by atoms with Crippen molar-refractivity contribution in [2.24, 2.45) is 5.92 Å². The van der Waals surface area contributed by atoms with Crippen molar-refractivity contribution in [1.82, 2.24) is 25.5 Å². The molecule has 1 unspecified atom stereocenters. The largest absolute Gasteiger partial charge is 0.356 e. The van der Waals surface area contributed by atoms with Gasteiger partial charge < -0.3 is 10.2 Å². The van der Waals surface area contributed by atoms with Crippen molar-refractivity contribution in [3.63, 3.8) is 0 Å². The van der Waals surface area contributed by atoms with Gasteiger partial charge in [0.1, 0.15) is 11.7 Å². The van der Waals surface area contributed by atoms with E-state index in [0.717, 1.165) is 53.6 Å². The van der Waals surface area contributed by atoms with Gasteiger partial charge in [-0.2, -0.15) is 10.4 Å². The molecule has 8 nitrogen and oxygen atoms in total. The first-order valence-corrected chi connectivity index (χ1v) is 8.69. The minimum absolute atomic E-state index is 0.0970. The number of fused-ring (bicyclic) bond motifs is 3. The molecule has 1 aliphatic heterocycles. The van der Waals surface area contributed by atoms with E-state index in [-0.39, 0.29) is 11.9 Å². The molecule has 1 aliphatic rings. The molecule has 0 aromatic carbocycles. The van der Waals surface area contributed by atoms with Crippen LogP contribution in [0, 0.1) is 17.2 Å². The minimum Gasteiger partial charge on any atom is -0.356 e. The fourth-order valence-electron chi connectivity index (χ4n) is 3.42. The van der Waals surface area contributed by atoms with Gasteiger partial charge in [0, 0.05) is 47.7 Å². The number of aromatic nitrogens is 4. The van der Waals surface area contributed by atoms with Gasteiger partial charge in [-0.15, -0.1) is 0 Å². The molecule has 3 aromatic heterocycles. The molecule has 0 aliphatic carbocycles. The highest BCUT2D eigenvalue weighted by atomic mass is 16.1. The van der Waals surface area contributed by atoms with Crippen LogP contribution in [0.1, 0.15) is 19.8 Å². The smallest absolute Gasteiger partial charge is 0.237 e. The van der Waals surface area contributed by atoms with Gasteiger partial charge in [0.15, 0.2) is 5.65 Å². The Morgan fingerprint density at radius 1 is 1.38 bits per heavy atom. The maximum atomic E-state index is 11.9. The predicted octanol–water partition coefficient (Wildman–Crippen LogP) is 1.75. The summed E-state index contributed by atoms with van der Waals surface area (Å²) in [6, 6.07) is 4.04. The molecule has 1 amide bonds. The number of aromatic amines is 1. The SMILES string of the molecule is CC(C#N)C(=O)NC1CCN(c2[nH]ncc3cnc4nccc4c23)CC1. The van der Waals surface area contributed by atoms with E-state index in [4.69, 9.17) is 5.26 Å². The van der Waals surface area contributed by atoms with Crippen LogP contribution in [0.25, 0.3) is 21.8 Å². The molecule has 4 heterocycles. The molecule has 26 heavy (non-hydrogen) atoms. The van der Waals surface area contributed by atoms with Crippen LogP contribution < -0.4 is 10.2 Å². The lowest BCUT2D eigenvalue weighted by Gasteiger charge is -2.34. The predicted molar refractivity (Wildman–Crippen MR) is 97.3 cm³/mol. The molecular formula is C18H19N7O. The summed E-state index contributed by atoms with van der Waals surface area (Å²) in [4.78, 5) is 22.8. The maximum Gasteiger partial charge on any atom is 0.237 e. The molecule has 1 atom stereocenters. The fraction of sp³-hybridized carbons (Fsp3) is 0.389. The third-order valence-corrected chi connectivity index (χ3v) is 4.92. The van der Waals surface area contributed by atoms with Gasteiger partial charge in [-0.1, -0.05) is 0 Å². The number of amides is 1. The first-order valence-electron chi connectivity index (χ1n) is 8.69. The summed E-state index contributed by atoms with van der Waals surface area (Å²) in [5, 5.41) is 22.3. The van der Waals surface area contributed by atoms with E-state index in [1.54, 1.807) is 25.5 Å². The number of anilines is 1. The number of carbonyl (C=O) groups excluding carboxylic acids is 1. The Balaban J connectivity index is 1.56. The van der Waals surface area contributed by atoms with E-state index in [0.29, 0.717) is 0 Å². The molecular weight excluding hydrogens is 330 g/mol. The van der Waals surface area contributed by atoms with Crippen molar-refractivity contribution in [3.8, 4) is 6.07 Å². The molecule has 8 heteroatoms. The molecule has 2 N–H and O–H groups in total. The molecule has 132 valence electrons. The Morgan fingerprint density at radius 3 is 2.96 bits per heavy atom. The highest BCUT2D eigenvalue weighted by molar-refractivity contribution is 6.09.